The molecular formula is C33H21N5Pt. The quantitative estimate of drug-likeness (QED) is 0.184. The number of aromatic nitrogens is 5. The molecule has 188 valence electrons. The molecule has 8 aromatic rings. The number of rotatable bonds is 3. The Hall–Kier alpha value is -4.47. The topological polar surface area (TPSA) is 40.6 Å². The molecule has 0 radical (unpaired) electrons. The Labute approximate surface area is 239 Å². The van der Waals surface area contributed by atoms with Crippen LogP contribution in [-0.4, -0.2) is 23.7 Å². The molecule has 0 atom stereocenters. The van der Waals surface area contributed by atoms with E-state index in [-0.39, 0.29) is 21.1 Å². The number of aryl methyl sites for hydroxylation is 1. The van der Waals surface area contributed by atoms with E-state index in [0.717, 1.165) is 55.7 Å². The third-order valence-corrected chi connectivity index (χ3v) is 7.33. The van der Waals surface area contributed by atoms with Crippen LogP contribution in [0.1, 0.15) is 0 Å². The summed E-state index contributed by atoms with van der Waals surface area (Å²) in [5.41, 5.74) is 7.00. The predicted molar refractivity (Wildman–Crippen MR) is 153 cm³/mol. The summed E-state index contributed by atoms with van der Waals surface area (Å²) in [6.07, 6.45) is 5.62. The van der Waals surface area contributed by atoms with Gasteiger partial charge in [-0.25, -0.2) is 4.98 Å². The molecule has 39 heavy (non-hydrogen) atoms. The van der Waals surface area contributed by atoms with Crippen LogP contribution in [0.5, 0.6) is 0 Å². The van der Waals surface area contributed by atoms with Crippen LogP contribution in [0.2, 0.25) is 0 Å². The molecule has 5 nitrogen and oxygen atoms in total. The fraction of sp³-hybridized carbons (Fsp3) is 0.0303. The minimum Gasteiger partial charge on any atom is -0.373 e. The second kappa shape index (κ2) is 9.07. The zero-order chi connectivity index (χ0) is 25.2. The number of hydrogen-bond donors (Lipinski definition) is 0. The van der Waals surface area contributed by atoms with Crippen LogP contribution in [0, 0.1) is 12.1 Å². The Morgan fingerprint density at radius 1 is 0.590 bits per heavy atom. The molecule has 0 fully saturated rings. The van der Waals surface area contributed by atoms with Gasteiger partial charge in [0.05, 0.1) is 11.3 Å². The summed E-state index contributed by atoms with van der Waals surface area (Å²) in [5, 5.41) is 4.64. The molecule has 0 bridgehead atoms. The van der Waals surface area contributed by atoms with Crippen molar-refractivity contribution in [2.24, 2.45) is 7.05 Å². The first-order valence-corrected chi connectivity index (χ1v) is 12.6. The average Bonchev–Trinajstić information content (AvgIpc) is 3.64. The van der Waals surface area contributed by atoms with E-state index in [9.17, 15) is 0 Å². The molecule has 4 aromatic carbocycles. The summed E-state index contributed by atoms with van der Waals surface area (Å²) in [4.78, 5) is 9.31. The summed E-state index contributed by atoms with van der Waals surface area (Å²) < 4.78 is 6.48. The first-order valence-electron chi connectivity index (χ1n) is 12.6. The molecule has 4 aromatic heterocycles. The second-order valence-electron chi connectivity index (χ2n) is 9.50. The summed E-state index contributed by atoms with van der Waals surface area (Å²) in [6.45, 7) is 0. The van der Waals surface area contributed by atoms with E-state index in [1.807, 2.05) is 36.3 Å². The molecule has 6 heteroatoms. The van der Waals surface area contributed by atoms with Crippen molar-refractivity contribution in [3.8, 4) is 22.8 Å². The SMILES string of the molecule is Cn1ccnc1-c1[c-]c(-n2c3[c-]c(-n4c5ccccc5c5cccnc54)ccc3c3ccccc32)ccc1.[Pt+2]. The van der Waals surface area contributed by atoms with Crippen molar-refractivity contribution in [1.29, 1.82) is 0 Å². The van der Waals surface area contributed by atoms with Gasteiger partial charge in [0.25, 0.3) is 0 Å². The Morgan fingerprint density at radius 3 is 2.10 bits per heavy atom. The monoisotopic (exact) mass is 682 g/mol. The molecule has 0 aliphatic rings. The van der Waals surface area contributed by atoms with Crippen molar-refractivity contribution in [3.63, 3.8) is 0 Å². The summed E-state index contributed by atoms with van der Waals surface area (Å²) in [7, 11) is 2.00. The first kappa shape index (κ1) is 23.6. The smallest absolute Gasteiger partial charge is 0.373 e. The molecule has 0 saturated carbocycles. The van der Waals surface area contributed by atoms with E-state index in [0.29, 0.717) is 0 Å². The standard InChI is InChI=1S/C33H21N5.Pt/c1-36-19-18-35-32(36)22-8-6-9-23(20-22)37-29-13-4-2-10-25(29)27-16-15-24(21-31(27)37)38-30-14-5-3-11-26(30)28-12-7-17-34-33(28)38;/h2-19H,1H3;/q-2;+2. The summed E-state index contributed by atoms with van der Waals surface area (Å²) in [5.74, 6) is 0.883. The molecule has 0 N–H and O–H groups in total. The van der Waals surface area contributed by atoms with Crippen LogP contribution < -0.4 is 0 Å². The van der Waals surface area contributed by atoms with Crippen molar-refractivity contribution in [2.75, 3.05) is 0 Å². The van der Waals surface area contributed by atoms with Crippen LogP contribution in [0.15, 0.2) is 110 Å². The van der Waals surface area contributed by atoms with Gasteiger partial charge in [0.2, 0.25) is 0 Å². The maximum absolute atomic E-state index is 4.77. The van der Waals surface area contributed by atoms with Gasteiger partial charge in [-0.05, 0) is 35.3 Å². The second-order valence-corrected chi connectivity index (χ2v) is 9.50. The zero-order valence-electron chi connectivity index (χ0n) is 20.9. The number of nitrogens with zero attached hydrogens (tertiary/aromatic N) is 5. The van der Waals surface area contributed by atoms with Gasteiger partial charge in [0, 0.05) is 41.9 Å². The van der Waals surface area contributed by atoms with Gasteiger partial charge in [-0.1, -0.05) is 47.6 Å². The van der Waals surface area contributed by atoms with Crippen molar-refractivity contribution in [2.45, 2.75) is 0 Å². The molecule has 0 spiro atoms. The number of pyridine rings is 1. The summed E-state index contributed by atoms with van der Waals surface area (Å²) in [6, 6.07) is 39.1. The Morgan fingerprint density at radius 2 is 1.31 bits per heavy atom. The fourth-order valence-electron chi connectivity index (χ4n) is 5.65. The number of para-hydroxylation sites is 2. The van der Waals surface area contributed by atoms with Gasteiger partial charge in [-0.2, -0.15) is 6.07 Å². The van der Waals surface area contributed by atoms with Gasteiger partial charge in [-0.15, -0.1) is 47.3 Å². The maximum atomic E-state index is 4.77. The van der Waals surface area contributed by atoms with Gasteiger partial charge >= 0.3 is 21.1 Å². The first-order chi connectivity index (χ1) is 18.8. The van der Waals surface area contributed by atoms with E-state index < -0.39 is 0 Å². The van der Waals surface area contributed by atoms with Gasteiger partial charge in [0.1, 0.15) is 5.65 Å². The molecule has 0 amide bonds. The Bertz CT molecular complexity index is 2110. The third kappa shape index (κ3) is 3.50. The van der Waals surface area contributed by atoms with Crippen molar-refractivity contribution >= 4 is 43.7 Å². The van der Waals surface area contributed by atoms with Crippen LogP contribution in [0.4, 0.5) is 0 Å². The number of hydrogen-bond acceptors (Lipinski definition) is 2. The molecule has 0 aliphatic heterocycles. The minimum absolute atomic E-state index is 0. The molecular weight excluding hydrogens is 661 g/mol. The van der Waals surface area contributed by atoms with E-state index in [1.54, 1.807) is 0 Å². The van der Waals surface area contributed by atoms with Crippen LogP contribution in [0.3, 0.4) is 0 Å². The number of benzene rings is 4. The van der Waals surface area contributed by atoms with Crippen molar-refractivity contribution < 1.29 is 21.1 Å². The number of fused-ring (bicyclic) bond motifs is 6. The molecule has 0 saturated heterocycles. The Balaban J connectivity index is 0.00000253. The molecule has 0 unspecified atom stereocenters. The van der Waals surface area contributed by atoms with Gasteiger partial charge in [0.15, 0.2) is 0 Å². The van der Waals surface area contributed by atoms with E-state index in [2.05, 4.69) is 111 Å². The predicted octanol–water partition coefficient (Wildman–Crippen LogP) is 7.27. The maximum Gasteiger partial charge on any atom is 2.00 e. The third-order valence-electron chi connectivity index (χ3n) is 7.33. The van der Waals surface area contributed by atoms with Crippen LogP contribution >= 0.6 is 0 Å². The molecule has 8 rings (SSSR count). The Kier molecular flexibility index (Phi) is 5.50. The minimum atomic E-state index is 0. The largest absolute Gasteiger partial charge is 2.00 e. The number of imidazole rings is 1. The van der Waals surface area contributed by atoms with Crippen molar-refractivity contribution in [1.82, 2.24) is 23.7 Å². The fourth-order valence-corrected chi connectivity index (χ4v) is 5.65. The van der Waals surface area contributed by atoms with E-state index >= 15 is 0 Å². The molecule has 4 heterocycles. The van der Waals surface area contributed by atoms with E-state index in [4.69, 9.17) is 4.98 Å². The van der Waals surface area contributed by atoms with Gasteiger partial charge in [-0.3, -0.25) is 4.98 Å². The normalized spacial score (nSPS) is 11.5. The molecule has 0 aliphatic carbocycles. The average molecular weight is 683 g/mol. The van der Waals surface area contributed by atoms with Crippen molar-refractivity contribution in [3.05, 3.63) is 122 Å². The van der Waals surface area contributed by atoms with E-state index in [1.165, 1.54) is 10.8 Å². The van der Waals surface area contributed by atoms with Crippen LogP contribution in [0.25, 0.3) is 66.5 Å². The van der Waals surface area contributed by atoms with Crippen LogP contribution in [-0.2, 0) is 28.1 Å². The van der Waals surface area contributed by atoms with Gasteiger partial charge < -0.3 is 13.7 Å². The summed E-state index contributed by atoms with van der Waals surface area (Å²) >= 11 is 0. The zero-order valence-corrected chi connectivity index (χ0v) is 23.2.